The van der Waals surface area contributed by atoms with E-state index in [-0.39, 0.29) is 17.9 Å². The van der Waals surface area contributed by atoms with Gasteiger partial charge in [-0.1, -0.05) is 30.4 Å². The second-order valence-electron chi connectivity index (χ2n) is 9.79. The third-order valence-corrected chi connectivity index (χ3v) is 8.61. The zero-order valence-corrected chi connectivity index (χ0v) is 18.4. The van der Waals surface area contributed by atoms with Gasteiger partial charge in [0, 0.05) is 11.6 Å². The van der Waals surface area contributed by atoms with Crippen LogP contribution in [0.3, 0.4) is 0 Å². The van der Waals surface area contributed by atoms with Crippen molar-refractivity contribution < 1.29 is 24.2 Å². The Kier molecular flexibility index (Phi) is 3.54. The molecule has 1 spiro atoms. The minimum Gasteiger partial charge on any atom is -0.493 e. The first-order valence-corrected chi connectivity index (χ1v) is 11.4. The van der Waals surface area contributed by atoms with Crippen molar-refractivity contribution in [2.75, 3.05) is 20.7 Å². The second-order valence-corrected chi connectivity index (χ2v) is 9.79. The smallest absolute Gasteiger partial charge is 0.262 e. The summed E-state index contributed by atoms with van der Waals surface area (Å²) in [6, 6.07) is 10.1. The van der Waals surface area contributed by atoms with E-state index in [4.69, 9.17) is 9.47 Å². The van der Waals surface area contributed by atoms with Crippen LogP contribution in [0.25, 0.3) is 0 Å². The average Bonchev–Trinajstić information content (AvgIpc) is 3.29. The van der Waals surface area contributed by atoms with Crippen LogP contribution in [0.15, 0.2) is 48.6 Å². The Balaban J connectivity index is 1.45. The molecule has 0 saturated carbocycles. The number of carbonyl (C=O) groups excluding carboxylic acids is 2. The van der Waals surface area contributed by atoms with E-state index >= 15 is 0 Å². The van der Waals surface area contributed by atoms with Crippen LogP contribution in [-0.2, 0) is 11.8 Å². The van der Waals surface area contributed by atoms with Gasteiger partial charge in [0.05, 0.1) is 29.7 Å². The predicted molar refractivity (Wildman–Crippen MR) is 119 cm³/mol. The van der Waals surface area contributed by atoms with Crippen molar-refractivity contribution >= 4 is 11.8 Å². The summed E-state index contributed by atoms with van der Waals surface area (Å²) in [4.78, 5) is 30.3. The van der Waals surface area contributed by atoms with Crippen LogP contribution < -0.4 is 9.47 Å². The Morgan fingerprint density at radius 3 is 2.55 bits per heavy atom. The Morgan fingerprint density at radius 1 is 1.12 bits per heavy atom. The minimum absolute atomic E-state index is 0.122. The van der Waals surface area contributed by atoms with E-state index < -0.39 is 23.2 Å². The van der Waals surface area contributed by atoms with Gasteiger partial charge >= 0.3 is 0 Å². The molecule has 1 fully saturated rings. The van der Waals surface area contributed by atoms with E-state index in [9.17, 15) is 14.7 Å². The van der Waals surface area contributed by atoms with Gasteiger partial charge in [-0.05, 0) is 50.2 Å². The number of carbonyl (C=O) groups is 2. The molecule has 33 heavy (non-hydrogen) atoms. The van der Waals surface area contributed by atoms with E-state index in [2.05, 4.69) is 11.0 Å². The topological polar surface area (TPSA) is 79.3 Å². The van der Waals surface area contributed by atoms with Crippen LogP contribution in [-0.4, -0.2) is 71.2 Å². The number of piperidine rings is 1. The molecule has 2 bridgehead atoms. The second kappa shape index (κ2) is 6.04. The lowest BCUT2D eigenvalue weighted by atomic mass is 9.50. The van der Waals surface area contributed by atoms with Crippen LogP contribution in [0.5, 0.6) is 11.5 Å². The highest BCUT2D eigenvalue weighted by Gasteiger charge is 2.72. The lowest BCUT2D eigenvalue weighted by Crippen LogP contribution is -2.76. The maximum atomic E-state index is 13.4. The lowest BCUT2D eigenvalue weighted by molar-refractivity contribution is -0.141. The van der Waals surface area contributed by atoms with Gasteiger partial charge in [0.1, 0.15) is 11.7 Å². The SMILES string of the molecule is COc1ccc2c3c1O[C@H]1[C@H](N4C(=O)c5ccccc5C4=O)C=C[C@@]4(O)[C@@H](C2)N(C)CC[C@]314. The number of likely N-dealkylation sites (tertiary alicyclic amines) is 1. The van der Waals surface area contributed by atoms with Crippen molar-refractivity contribution in [3.63, 3.8) is 0 Å². The molecule has 1 N–H and O–H groups in total. The van der Waals surface area contributed by atoms with Gasteiger partial charge in [-0.3, -0.25) is 19.4 Å². The molecule has 2 aromatic carbocycles. The van der Waals surface area contributed by atoms with Crippen LogP contribution in [0.4, 0.5) is 0 Å². The molecule has 2 aliphatic carbocycles. The summed E-state index contributed by atoms with van der Waals surface area (Å²) in [7, 11) is 3.65. The molecule has 0 radical (unpaired) electrons. The fourth-order valence-corrected chi connectivity index (χ4v) is 7.14. The molecule has 7 nitrogen and oxygen atoms in total. The molecule has 3 aliphatic heterocycles. The molecular formula is C26H24N2O5. The van der Waals surface area contributed by atoms with Crippen molar-refractivity contribution in [3.8, 4) is 11.5 Å². The molecule has 0 aromatic heterocycles. The van der Waals surface area contributed by atoms with Crippen molar-refractivity contribution in [2.24, 2.45) is 0 Å². The van der Waals surface area contributed by atoms with Gasteiger partial charge in [-0.15, -0.1) is 0 Å². The van der Waals surface area contributed by atoms with E-state index in [0.717, 1.165) is 17.7 Å². The Hall–Kier alpha value is -3.16. The number of nitrogens with zero attached hydrogens (tertiary/aromatic N) is 2. The molecule has 3 heterocycles. The summed E-state index contributed by atoms with van der Waals surface area (Å²) >= 11 is 0. The Bertz CT molecular complexity index is 1250. The molecule has 2 amide bonds. The molecule has 7 heteroatoms. The van der Waals surface area contributed by atoms with E-state index in [0.29, 0.717) is 35.5 Å². The summed E-state index contributed by atoms with van der Waals surface area (Å²) in [6.07, 6.45) is 4.38. The molecule has 5 atom stereocenters. The standard InChI is InChI=1S/C26H24N2O5/c1-27-12-11-25-20-14-7-8-18(32-2)21(20)33-22(25)17(9-10-26(25,31)19(27)13-14)28-23(29)15-5-3-4-6-16(15)24(28)30/h3-10,17,19,22,31H,11-13H2,1-2H3/t17-,19-,22+,25+,26-/m1/s1. The maximum Gasteiger partial charge on any atom is 0.262 e. The van der Waals surface area contributed by atoms with Crippen LogP contribution in [0, 0.1) is 0 Å². The number of likely N-dealkylation sites (N-methyl/N-ethyl adjacent to an activating group) is 1. The monoisotopic (exact) mass is 444 g/mol. The third kappa shape index (κ3) is 2.00. The molecule has 0 unspecified atom stereocenters. The van der Waals surface area contributed by atoms with Gasteiger partial charge in [-0.25, -0.2) is 0 Å². The van der Waals surface area contributed by atoms with Crippen molar-refractivity contribution in [2.45, 2.75) is 42.0 Å². The molecule has 168 valence electrons. The van der Waals surface area contributed by atoms with Gasteiger partial charge in [0.25, 0.3) is 11.8 Å². The number of aliphatic hydroxyl groups is 1. The van der Waals surface area contributed by atoms with Crippen LogP contribution >= 0.6 is 0 Å². The quantitative estimate of drug-likeness (QED) is 0.563. The first kappa shape index (κ1) is 19.3. The summed E-state index contributed by atoms with van der Waals surface area (Å²) in [6.45, 7) is 0.783. The van der Waals surface area contributed by atoms with Crippen LogP contribution in [0.1, 0.15) is 38.3 Å². The first-order chi connectivity index (χ1) is 15.9. The molecular weight excluding hydrogens is 420 g/mol. The molecule has 7 rings (SSSR count). The van der Waals surface area contributed by atoms with Crippen LogP contribution in [0.2, 0.25) is 0 Å². The fraction of sp³-hybridized carbons (Fsp3) is 0.385. The lowest BCUT2D eigenvalue weighted by Gasteiger charge is -2.61. The van der Waals surface area contributed by atoms with E-state index in [1.807, 2.05) is 19.2 Å². The molecule has 1 saturated heterocycles. The number of ether oxygens (including phenoxy) is 2. The first-order valence-electron chi connectivity index (χ1n) is 11.4. The summed E-state index contributed by atoms with van der Waals surface area (Å²) in [5.74, 6) is 0.600. The maximum absolute atomic E-state index is 13.4. The Labute approximate surface area is 191 Å². The molecule has 5 aliphatic rings. The van der Waals surface area contributed by atoms with Crippen molar-refractivity contribution in [1.82, 2.24) is 9.80 Å². The summed E-state index contributed by atoms with van der Waals surface area (Å²) in [5.41, 5.74) is 0.984. The zero-order chi connectivity index (χ0) is 22.7. The summed E-state index contributed by atoms with van der Waals surface area (Å²) in [5, 5.41) is 12.3. The van der Waals surface area contributed by atoms with Crippen molar-refractivity contribution in [3.05, 3.63) is 70.8 Å². The van der Waals surface area contributed by atoms with E-state index in [1.165, 1.54) is 4.90 Å². The zero-order valence-electron chi connectivity index (χ0n) is 18.4. The van der Waals surface area contributed by atoms with Gasteiger partial charge in [0.15, 0.2) is 11.5 Å². The molecule has 2 aromatic rings. The fourth-order valence-electron chi connectivity index (χ4n) is 7.14. The number of benzene rings is 2. The highest BCUT2D eigenvalue weighted by Crippen LogP contribution is 2.64. The number of fused-ring (bicyclic) bond motifs is 1. The highest BCUT2D eigenvalue weighted by molar-refractivity contribution is 6.21. The number of hydrogen-bond acceptors (Lipinski definition) is 6. The Morgan fingerprint density at radius 2 is 1.85 bits per heavy atom. The number of rotatable bonds is 2. The van der Waals surface area contributed by atoms with Gasteiger partial charge in [-0.2, -0.15) is 0 Å². The summed E-state index contributed by atoms with van der Waals surface area (Å²) < 4.78 is 12.3. The number of hydrogen-bond donors (Lipinski definition) is 1. The highest BCUT2D eigenvalue weighted by atomic mass is 16.5. The van der Waals surface area contributed by atoms with Crippen molar-refractivity contribution in [1.29, 1.82) is 0 Å². The third-order valence-electron chi connectivity index (χ3n) is 8.61. The van der Waals surface area contributed by atoms with Gasteiger partial charge in [0.2, 0.25) is 0 Å². The average molecular weight is 444 g/mol. The largest absolute Gasteiger partial charge is 0.493 e. The number of amides is 2. The van der Waals surface area contributed by atoms with E-state index in [1.54, 1.807) is 37.5 Å². The predicted octanol–water partition coefficient (Wildman–Crippen LogP) is 1.92. The normalized spacial score (nSPS) is 35.4. The number of methoxy groups -OCH3 is 1. The number of imide groups is 1. The minimum atomic E-state index is -1.18. The van der Waals surface area contributed by atoms with Gasteiger partial charge < -0.3 is 14.6 Å².